The highest BCUT2D eigenvalue weighted by molar-refractivity contribution is 6.09. The molecule has 0 spiro atoms. The van der Waals surface area contributed by atoms with Crippen LogP contribution in [-0.2, 0) is 4.74 Å². The van der Waals surface area contributed by atoms with Crippen LogP contribution < -0.4 is 0 Å². The Balaban J connectivity index is 1.79. The Morgan fingerprint density at radius 2 is 1.86 bits per heavy atom. The molecule has 0 saturated carbocycles. The molecule has 0 N–H and O–H groups in total. The number of benzene rings is 2. The summed E-state index contributed by atoms with van der Waals surface area (Å²) in [4.78, 5) is 15.1. The van der Waals surface area contributed by atoms with E-state index >= 15 is 0 Å². The zero-order chi connectivity index (χ0) is 14.7. The molecule has 0 aromatic heterocycles. The summed E-state index contributed by atoms with van der Waals surface area (Å²) >= 11 is 0. The highest BCUT2D eigenvalue weighted by Gasteiger charge is 2.21. The summed E-state index contributed by atoms with van der Waals surface area (Å²) in [6.07, 6.45) is 0. The summed E-state index contributed by atoms with van der Waals surface area (Å²) in [5, 5.41) is 2.18. The molecule has 21 heavy (non-hydrogen) atoms. The van der Waals surface area contributed by atoms with Gasteiger partial charge in [-0.3, -0.25) is 9.69 Å². The molecule has 1 fully saturated rings. The van der Waals surface area contributed by atoms with E-state index in [1.807, 2.05) is 37.3 Å². The van der Waals surface area contributed by atoms with Crippen molar-refractivity contribution in [1.82, 2.24) is 4.90 Å². The third kappa shape index (κ3) is 3.14. The Kier molecular flexibility index (Phi) is 4.32. The van der Waals surface area contributed by atoms with Crippen LogP contribution >= 0.6 is 0 Å². The fourth-order valence-corrected chi connectivity index (χ4v) is 2.96. The lowest BCUT2D eigenvalue weighted by Gasteiger charge is -2.28. The molecule has 0 bridgehead atoms. The number of carbonyl (C=O) groups excluding carboxylic acids is 1. The lowest BCUT2D eigenvalue weighted by atomic mass is 9.94. The van der Waals surface area contributed by atoms with Gasteiger partial charge in [0.1, 0.15) is 0 Å². The van der Waals surface area contributed by atoms with E-state index in [-0.39, 0.29) is 11.7 Å². The van der Waals surface area contributed by atoms with Gasteiger partial charge in [-0.15, -0.1) is 0 Å². The second kappa shape index (κ2) is 6.37. The van der Waals surface area contributed by atoms with Crippen molar-refractivity contribution < 1.29 is 9.53 Å². The van der Waals surface area contributed by atoms with Crippen molar-refractivity contribution in [2.24, 2.45) is 5.92 Å². The largest absolute Gasteiger partial charge is 0.379 e. The van der Waals surface area contributed by atoms with Crippen LogP contribution in [0, 0.1) is 5.92 Å². The van der Waals surface area contributed by atoms with Gasteiger partial charge in [-0.2, -0.15) is 0 Å². The van der Waals surface area contributed by atoms with Crippen LogP contribution in [0.15, 0.2) is 42.5 Å². The molecular weight excluding hydrogens is 262 g/mol. The van der Waals surface area contributed by atoms with E-state index in [2.05, 4.69) is 17.0 Å². The number of morpholine rings is 1. The lowest BCUT2D eigenvalue weighted by Crippen LogP contribution is -2.40. The molecule has 1 aliphatic heterocycles. The number of ketones is 1. The van der Waals surface area contributed by atoms with Crippen molar-refractivity contribution in [2.75, 3.05) is 32.8 Å². The topological polar surface area (TPSA) is 29.5 Å². The molecule has 1 unspecified atom stereocenters. The van der Waals surface area contributed by atoms with Crippen molar-refractivity contribution >= 4 is 16.6 Å². The molecule has 110 valence electrons. The van der Waals surface area contributed by atoms with E-state index in [9.17, 15) is 4.79 Å². The predicted octanol–water partition coefficient (Wildman–Crippen LogP) is 2.99. The van der Waals surface area contributed by atoms with Gasteiger partial charge in [-0.05, 0) is 10.8 Å². The summed E-state index contributed by atoms with van der Waals surface area (Å²) in [7, 11) is 0. The van der Waals surface area contributed by atoms with Gasteiger partial charge in [0.15, 0.2) is 5.78 Å². The maximum Gasteiger partial charge on any atom is 0.167 e. The quantitative estimate of drug-likeness (QED) is 0.808. The molecule has 1 saturated heterocycles. The Bertz CT molecular complexity index is 627. The minimum Gasteiger partial charge on any atom is -0.379 e. The average Bonchev–Trinajstić information content (AvgIpc) is 2.54. The monoisotopic (exact) mass is 283 g/mol. The molecule has 1 aliphatic rings. The summed E-state index contributed by atoms with van der Waals surface area (Å²) in [5.41, 5.74) is 0.842. The molecule has 0 amide bonds. The predicted molar refractivity (Wildman–Crippen MR) is 84.7 cm³/mol. The number of hydrogen-bond acceptors (Lipinski definition) is 3. The van der Waals surface area contributed by atoms with Gasteiger partial charge < -0.3 is 4.74 Å². The molecule has 0 aliphatic carbocycles. The number of fused-ring (bicyclic) bond motifs is 1. The minimum atomic E-state index is 0.00825. The minimum absolute atomic E-state index is 0.00825. The number of carbonyl (C=O) groups is 1. The van der Waals surface area contributed by atoms with Crippen LogP contribution in [0.25, 0.3) is 10.8 Å². The zero-order valence-corrected chi connectivity index (χ0v) is 12.4. The van der Waals surface area contributed by atoms with Crippen molar-refractivity contribution in [2.45, 2.75) is 6.92 Å². The molecular formula is C18H21NO2. The first-order chi connectivity index (χ1) is 10.3. The maximum absolute atomic E-state index is 12.8. The molecule has 1 atom stereocenters. The van der Waals surface area contributed by atoms with Gasteiger partial charge >= 0.3 is 0 Å². The Morgan fingerprint density at radius 1 is 1.14 bits per heavy atom. The number of Topliss-reactive ketones (excluding diaryl/α,β-unsaturated/α-hetero) is 1. The first-order valence-electron chi connectivity index (χ1n) is 7.58. The third-order valence-corrected chi connectivity index (χ3v) is 4.14. The Labute approximate surface area is 125 Å². The van der Waals surface area contributed by atoms with Gasteiger partial charge in [0.25, 0.3) is 0 Å². The summed E-state index contributed by atoms with van der Waals surface area (Å²) in [5.74, 6) is 0.243. The fraction of sp³-hybridized carbons (Fsp3) is 0.389. The van der Waals surface area contributed by atoms with Gasteiger partial charge in [0.2, 0.25) is 0 Å². The fourth-order valence-electron chi connectivity index (χ4n) is 2.96. The van der Waals surface area contributed by atoms with E-state index in [1.54, 1.807) is 0 Å². The summed E-state index contributed by atoms with van der Waals surface area (Å²) < 4.78 is 5.36. The normalized spacial score (nSPS) is 17.8. The zero-order valence-electron chi connectivity index (χ0n) is 12.4. The van der Waals surface area contributed by atoms with Crippen LogP contribution in [0.5, 0.6) is 0 Å². The van der Waals surface area contributed by atoms with Crippen LogP contribution in [0.3, 0.4) is 0 Å². The second-order valence-electron chi connectivity index (χ2n) is 5.70. The molecule has 3 heteroatoms. The SMILES string of the molecule is CC(CN1CCOCC1)C(=O)c1cccc2ccccc12. The number of ether oxygens (including phenoxy) is 1. The van der Waals surface area contributed by atoms with Gasteiger partial charge in [0, 0.05) is 31.1 Å². The average molecular weight is 283 g/mol. The smallest absolute Gasteiger partial charge is 0.167 e. The van der Waals surface area contributed by atoms with Crippen molar-refractivity contribution in [3.63, 3.8) is 0 Å². The standard InChI is InChI=1S/C18H21NO2/c1-14(13-19-9-11-21-12-10-19)18(20)17-8-4-6-15-5-2-3-7-16(15)17/h2-8,14H,9-13H2,1H3. The number of hydrogen-bond donors (Lipinski definition) is 0. The van der Waals surface area contributed by atoms with E-state index in [0.29, 0.717) is 0 Å². The second-order valence-corrected chi connectivity index (χ2v) is 5.70. The number of nitrogens with zero attached hydrogens (tertiary/aromatic N) is 1. The van der Waals surface area contributed by atoms with Gasteiger partial charge in [-0.25, -0.2) is 0 Å². The molecule has 2 aromatic carbocycles. The van der Waals surface area contributed by atoms with Crippen LogP contribution in [0.1, 0.15) is 17.3 Å². The van der Waals surface area contributed by atoms with Crippen LogP contribution in [0.4, 0.5) is 0 Å². The lowest BCUT2D eigenvalue weighted by molar-refractivity contribution is 0.0313. The molecule has 0 radical (unpaired) electrons. The summed E-state index contributed by atoms with van der Waals surface area (Å²) in [6.45, 7) is 6.23. The molecule has 3 nitrogen and oxygen atoms in total. The van der Waals surface area contributed by atoms with Gasteiger partial charge in [0.05, 0.1) is 13.2 Å². The van der Waals surface area contributed by atoms with E-state index in [1.165, 1.54) is 0 Å². The van der Waals surface area contributed by atoms with Crippen molar-refractivity contribution in [3.8, 4) is 0 Å². The Hall–Kier alpha value is -1.71. The van der Waals surface area contributed by atoms with Crippen LogP contribution in [0.2, 0.25) is 0 Å². The first kappa shape index (κ1) is 14.2. The molecule has 2 aromatic rings. The van der Waals surface area contributed by atoms with Crippen molar-refractivity contribution in [3.05, 3.63) is 48.0 Å². The van der Waals surface area contributed by atoms with E-state index < -0.39 is 0 Å². The maximum atomic E-state index is 12.8. The molecule has 3 rings (SSSR count). The summed E-state index contributed by atoms with van der Waals surface area (Å²) in [6, 6.07) is 14.1. The first-order valence-corrected chi connectivity index (χ1v) is 7.58. The van der Waals surface area contributed by atoms with Gasteiger partial charge in [-0.1, -0.05) is 49.4 Å². The van der Waals surface area contributed by atoms with Crippen LogP contribution in [-0.4, -0.2) is 43.5 Å². The third-order valence-electron chi connectivity index (χ3n) is 4.14. The highest BCUT2D eigenvalue weighted by Crippen LogP contribution is 2.21. The molecule has 1 heterocycles. The Morgan fingerprint density at radius 3 is 2.67 bits per heavy atom. The highest BCUT2D eigenvalue weighted by atomic mass is 16.5. The number of rotatable bonds is 4. The van der Waals surface area contributed by atoms with E-state index in [4.69, 9.17) is 4.74 Å². The van der Waals surface area contributed by atoms with Crippen molar-refractivity contribution in [1.29, 1.82) is 0 Å². The van der Waals surface area contributed by atoms with E-state index in [0.717, 1.165) is 49.2 Å².